The van der Waals surface area contributed by atoms with Gasteiger partial charge in [-0.25, -0.2) is 9.37 Å². The summed E-state index contributed by atoms with van der Waals surface area (Å²) in [5.41, 5.74) is 0.758. The van der Waals surface area contributed by atoms with Crippen molar-refractivity contribution in [2.75, 3.05) is 44.3 Å². The lowest BCUT2D eigenvalue weighted by atomic mass is 10.1. The SMILES string of the molecule is O=C(C1CCCC1)N(CCCN1CCOCC1)c1nc2ccc(F)cc2s1. The third kappa shape index (κ3) is 4.47. The second-order valence-electron chi connectivity index (χ2n) is 7.39. The molecule has 146 valence electrons. The Hall–Kier alpha value is -1.57. The van der Waals surface area contributed by atoms with E-state index in [1.54, 1.807) is 6.07 Å². The first-order valence-corrected chi connectivity index (χ1v) is 10.7. The van der Waals surface area contributed by atoms with E-state index in [-0.39, 0.29) is 17.6 Å². The summed E-state index contributed by atoms with van der Waals surface area (Å²) in [6.07, 6.45) is 5.10. The fourth-order valence-electron chi connectivity index (χ4n) is 3.97. The Morgan fingerprint density at radius 1 is 1.30 bits per heavy atom. The Labute approximate surface area is 163 Å². The molecule has 1 aliphatic carbocycles. The van der Waals surface area contributed by atoms with Crippen LogP contribution in [0.3, 0.4) is 0 Å². The van der Waals surface area contributed by atoms with Gasteiger partial charge in [0.2, 0.25) is 5.91 Å². The quantitative estimate of drug-likeness (QED) is 0.754. The molecular weight excluding hydrogens is 365 g/mol. The van der Waals surface area contributed by atoms with Gasteiger partial charge in [-0.05, 0) is 37.5 Å². The van der Waals surface area contributed by atoms with Crippen molar-refractivity contribution >= 4 is 32.6 Å². The second kappa shape index (κ2) is 8.63. The molecule has 27 heavy (non-hydrogen) atoms. The molecule has 0 atom stereocenters. The molecule has 1 amide bonds. The summed E-state index contributed by atoms with van der Waals surface area (Å²) in [6, 6.07) is 4.62. The predicted molar refractivity (Wildman–Crippen MR) is 106 cm³/mol. The molecule has 2 fully saturated rings. The number of benzene rings is 1. The van der Waals surface area contributed by atoms with Crippen LogP contribution in [0.15, 0.2) is 18.2 Å². The highest BCUT2D eigenvalue weighted by atomic mass is 32.1. The Balaban J connectivity index is 1.49. The number of nitrogens with zero attached hydrogens (tertiary/aromatic N) is 3. The summed E-state index contributed by atoms with van der Waals surface area (Å²) in [6.45, 7) is 5.10. The minimum Gasteiger partial charge on any atom is -0.379 e. The Bertz CT molecular complexity index is 785. The van der Waals surface area contributed by atoms with Gasteiger partial charge in [0.15, 0.2) is 5.13 Å². The molecule has 2 aliphatic rings. The summed E-state index contributed by atoms with van der Waals surface area (Å²) in [7, 11) is 0. The number of rotatable bonds is 6. The van der Waals surface area contributed by atoms with E-state index in [4.69, 9.17) is 4.74 Å². The van der Waals surface area contributed by atoms with Crippen LogP contribution in [0.1, 0.15) is 32.1 Å². The van der Waals surface area contributed by atoms with Crippen molar-refractivity contribution < 1.29 is 13.9 Å². The molecule has 2 aromatic rings. The van der Waals surface area contributed by atoms with Crippen LogP contribution in [0.25, 0.3) is 10.2 Å². The van der Waals surface area contributed by atoms with E-state index in [1.807, 2.05) is 4.90 Å². The molecular formula is C20H26FN3O2S. The fourth-order valence-corrected chi connectivity index (χ4v) is 4.99. The third-order valence-corrected chi connectivity index (χ3v) is 6.54. The molecule has 0 bridgehead atoms. The summed E-state index contributed by atoms with van der Waals surface area (Å²) < 4.78 is 19.7. The molecule has 0 N–H and O–H groups in total. The maximum absolute atomic E-state index is 13.5. The van der Waals surface area contributed by atoms with Crippen LogP contribution in [-0.4, -0.2) is 55.2 Å². The van der Waals surface area contributed by atoms with Crippen molar-refractivity contribution in [1.82, 2.24) is 9.88 Å². The van der Waals surface area contributed by atoms with Gasteiger partial charge in [-0.2, -0.15) is 0 Å². The van der Waals surface area contributed by atoms with E-state index < -0.39 is 0 Å². The van der Waals surface area contributed by atoms with Crippen LogP contribution in [-0.2, 0) is 9.53 Å². The number of carbonyl (C=O) groups excluding carboxylic acids is 1. The molecule has 5 nitrogen and oxygen atoms in total. The van der Waals surface area contributed by atoms with Crippen molar-refractivity contribution in [2.24, 2.45) is 5.92 Å². The number of hydrogen-bond acceptors (Lipinski definition) is 5. The molecule has 1 aromatic carbocycles. The van der Waals surface area contributed by atoms with Crippen LogP contribution >= 0.6 is 11.3 Å². The number of ether oxygens (including phenoxy) is 1. The van der Waals surface area contributed by atoms with E-state index in [0.717, 1.165) is 75.2 Å². The van der Waals surface area contributed by atoms with Gasteiger partial charge in [0.25, 0.3) is 0 Å². The molecule has 7 heteroatoms. The largest absolute Gasteiger partial charge is 0.379 e. The van der Waals surface area contributed by atoms with Gasteiger partial charge in [0, 0.05) is 32.1 Å². The first-order valence-electron chi connectivity index (χ1n) is 9.88. The average molecular weight is 392 g/mol. The lowest BCUT2D eigenvalue weighted by Crippen LogP contribution is -2.40. The third-order valence-electron chi connectivity index (χ3n) is 5.50. The van der Waals surface area contributed by atoms with Crippen LogP contribution in [0, 0.1) is 11.7 Å². The van der Waals surface area contributed by atoms with E-state index in [9.17, 15) is 9.18 Å². The molecule has 1 aromatic heterocycles. The molecule has 1 saturated heterocycles. The standard InChI is InChI=1S/C20H26FN3O2S/c21-16-6-7-17-18(14-16)27-20(22-17)24(19(25)15-4-1-2-5-15)9-3-8-23-10-12-26-13-11-23/h6-7,14-15H,1-5,8-13H2. The fraction of sp³-hybridized carbons (Fsp3) is 0.600. The Morgan fingerprint density at radius 2 is 2.07 bits per heavy atom. The van der Waals surface area contributed by atoms with Gasteiger partial charge in [-0.15, -0.1) is 0 Å². The smallest absolute Gasteiger partial charge is 0.231 e. The van der Waals surface area contributed by atoms with Crippen LogP contribution < -0.4 is 4.90 Å². The van der Waals surface area contributed by atoms with Gasteiger partial charge in [-0.1, -0.05) is 24.2 Å². The molecule has 0 unspecified atom stereocenters. The van der Waals surface area contributed by atoms with E-state index in [1.165, 1.54) is 23.5 Å². The van der Waals surface area contributed by atoms with Gasteiger partial charge >= 0.3 is 0 Å². The molecule has 0 spiro atoms. The van der Waals surface area contributed by atoms with Crippen molar-refractivity contribution in [3.8, 4) is 0 Å². The Kier molecular flexibility index (Phi) is 6.00. The van der Waals surface area contributed by atoms with Crippen molar-refractivity contribution in [3.63, 3.8) is 0 Å². The van der Waals surface area contributed by atoms with E-state index >= 15 is 0 Å². The second-order valence-corrected chi connectivity index (χ2v) is 8.40. The first-order chi connectivity index (χ1) is 13.2. The van der Waals surface area contributed by atoms with Crippen molar-refractivity contribution in [3.05, 3.63) is 24.0 Å². The van der Waals surface area contributed by atoms with Crippen molar-refractivity contribution in [2.45, 2.75) is 32.1 Å². The number of hydrogen-bond donors (Lipinski definition) is 0. The maximum Gasteiger partial charge on any atom is 0.231 e. The number of fused-ring (bicyclic) bond motifs is 1. The number of carbonyl (C=O) groups is 1. The number of morpholine rings is 1. The maximum atomic E-state index is 13.5. The summed E-state index contributed by atoms with van der Waals surface area (Å²) in [4.78, 5) is 22.0. The van der Waals surface area contributed by atoms with E-state index in [0.29, 0.717) is 11.7 Å². The highest BCUT2D eigenvalue weighted by Gasteiger charge is 2.29. The topological polar surface area (TPSA) is 45.7 Å². The minimum atomic E-state index is -0.265. The zero-order valence-corrected chi connectivity index (χ0v) is 16.3. The summed E-state index contributed by atoms with van der Waals surface area (Å²) >= 11 is 1.41. The highest BCUT2D eigenvalue weighted by molar-refractivity contribution is 7.22. The summed E-state index contributed by atoms with van der Waals surface area (Å²) in [5.74, 6) is 0.0322. The van der Waals surface area contributed by atoms with Crippen molar-refractivity contribution in [1.29, 1.82) is 0 Å². The van der Waals surface area contributed by atoms with Gasteiger partial charge < -0.3 is 4.74 Å². The van der Waals surface area contributed by atoms with Gasteiger partial charge in [-0.3, -0.25) is 14.6 Å². The normalized spacial score (nSPS) is 19.0. The molecule has 4 rings (SSSR count). The number of amides is 1. The molecule has 1 saturated carbocycles. The van der Waals surface area contributed by atoms with Crippen LogP contribution in [0.4, 0.5) is 9.52 Å². The number of halogens is 1. The summed E-state index contributed by atoms with van der Waals surface area (Å²) in [5, 5.41) is 0.703. The highest BCUT2D eigenvalue weighted by Crippen LogP contribution is 2.33. The van der Waals surface area contributed by atoms with Crippen LogP contribution in [0.2, 0.25) is 0 Å². The lowest BCUT2D eigenvalue weighted by molar-refractivity contribution is -0.122. The average Bonchev–Trinajstić information content (AvgIpc) is 3.35. The zero-order valence-electron chi connectivity index (χ0n) is 15.5. The number of thiazole rings is 1. The Morgan fingerprint density at radius 3 is 2.85 bits per heavy atom. The van der Waals surface area contributed by atoms with Crippen LogP contribution in [0.5, 0.6) is 0 Å². The minimum absolute atomic E-state index is 0.108. The van der Waals surface area contributed by atoms with E-state index in [2.05, 4.69) is 9.88 Å². The number of anilines is 1. The van der Waals surface area contributed by atoms with Gasteiger partial charge in [0.05, 0.1) is 23.4 Å². The first kappa shape index (κ1) is 18.8. The van der Waals surface area contributed by atoms with Gasteiger partial charge in [0.1, 0.15) is 5.82 Å². The number of aromatic nitrogens is 1. The zero-order chi connectivity index (χ0) is 18.6. The predicted octanol–water partition coefficient (Wildman–Crippen LogP) is 3.68. The monoisotopic (exact) mass is 391 g/mol. The molecule has 1 aliphatic heterocycles. The molecule has 0 radical (unpaired) electrons. The lowest BCUT2D eigenvalue weighted by Gasteiger charge is -2.28. The molecule has 2 heterocycles.